The number of pyridine rings is 1. The number of nitrogens with zero attached hydrogens (tertiary/aromatic N) is 2. The van der Waals surface area contributed by atoms with Crippen LogP contribution in [-0.4, -0.2) is 15.9 Å². The zero-order valence-electron chi connectivity index (χ0n) is 11.4. The van der Waals surface area contributed by atoms with Crippen LogP contribution in [0.3, 0.4) is 0 Å². The maximum absolute atomic E-state index is 12.2. The Bertz CT molecular complexity index is 648. The number of aromatic nitrogens is 2. The Morgan fingerprint density at radius 3 is 2.75 bits per heavy atom. The Morgan fingerprint density at radius 2 is 2.15 bits per heavy atom. The second-order valence-corrected chi connectivity index (χ2v) is 7.10. The van der Waals surface area contributed by atoms with Gasteiger partial charge < -0.3 is 5.73 Å². The first-order valence-electron chi connectivity index (χ1n) is 5.96. The molecule has 0 aliphatic rings. The molecule has 2 heterocycles. The van der Waals surface area contributed by atoms with Crippen LogP contribution in [0.25, 0.3) is 0 Å². The van der Waals surface area contributed by atoms with Crippen LogP contribution in [0, 0.1) is 0 Å². The largest absolute Gasteiger partial charge is 0.383 e. The summed E-state index contributed by atoms with van der Waals surface area (Å²) in [5.74, 6) is -0.121. The number of carbonyl (C=O) groups is 1. The quantitative estimate of drug-likeness (QED) is 0.865. The number of anilines is 2. The summed E-state index contributed by atoms with van der Waals surface area (Å²) in [6.07, 6.45) is 1.55. The van der Waals surface area contributed by atoms with Crippen molar-refractivity contribution in [3.8, 4) is 0 Å². The van der Waals surface area contributed by atoms with Gasteiger partial charge in [-0.1, -0.05) is 20.8 Å². The van der Waals surface area contributed by atoms with E-state index in [4.69, 9.17) is 5.73 Å². The molecule has 0 fully saturated rings. The molecule has 0 spiro atoms. The SMILES string of the molecule is CC(C)(C)c1csc(NC(=O)c2cc(Br)cnc2N)n1. The van der Waals surface area contributed by atoms with Gasteiger partial charge in [-0.05, 0) is 22.0 Å². The molecule has 0 atom stereocenters. The number of nitrogens with one attached hydrogen (secondary N) is 1. The molecule has 0 radical (unpaired) electrons. The van der Waals surface area contributed by atoms with E-state index < -0.39 is 0 Å². The third-order valence-corrected chi connectivity index (χ3v) is 3.81. The summed E-state index contributed by atoms with van der Waals surface area (Å²) in [4.78, 5) is 20.5. The van der Waals surface area contributed by atoms with Crippen LogP contribution in [0.1, 0.15) is 36.8 Å². The van der Waals surface area contributed by atoms with Gasteiger partial charge in [-0.15, -0.1) is 11.3 Å². The number of hydrogen-bond acceptors (Lipinski definition) is 5. The number of hydrogen-bond donors (Lipinski definition) is 2. The standard InChI is InChI=1S/C13H15BrN4OS/c1-13(2,3)9-6-20-12(17-9)18-11(19)8-4-7(14)5-16-10(8)15/h4-6H,1-3H3,(H2,15,16)(H,17,18,19). The van der Waals surface area contributed by atoms with E-state index in [2.05, 4.69) is 52.0 Å². The number of nitrogens with two attached hydrogens (primary N) is 1. The van der Waals surface area contributed by atoms with Gasteiger partial charge in [-0.2, -0.15) is 0 Å². The van der Waals surface area contributed by atoms with Gasteiger partial charge in [0.2, 0.25) is 0 Å². The number of carbonyl (C=O) groups excluding carboxylic acids is 1. The van der Waals surface area contributed by atoms with E-state index in [0.29, 0.717) is 15.2 Å². The number of rotatable bonds is 2. The van der Waals surface area contributed by atoms with Crippen LogP contribution in [0.4, 0.5) is 10.9 Å². The summed E-state index contributed by atoms with van der Waals surface area (Å²) in [5, 5.41) is 5.24. The Labute approximate surface area is 129 Å². The molecule has 2 aromatic rings. The van der Waals surface area contributed by atoms with Gasteiger partial charge in [0.15, 0.2) is 5.13 Å². The zero-order chi connectivity index (χ0) is 14.9. The zero-order valence-corrected chi connectivity index (χ0v) is 13.8. The Balaban J connectivity index is 2.20. The lowest BCUT2D eigenvalue weighted by Gasteiger charge is -2.14. The first-order valence-corrected chi connectivity index (χ1v) is 7.63. The molecule has 0 aliphatic heterocycles. The average Bonchev–Trinajstić information content (AvgIpc) is 2.80. The molecule has 0 unspecified atom stereocenters. The van der Waals surface area contributed by atoms with Gasteiger partial charge >= 0.3 is 0 Å². The van der Waals surface area contributed by atoms with Crippen molar-refractivity contribution in [2.75, 3.05) is 11.1 Å². The number of halogens is 1. The van der Waals surface area contributed by atoms with Crippen molar-refractivity contribution in [2.45, 2.75) is 26.2 Å². The molecule has 2 rings (SSSR count). The van der Waals surface area contributed by atoms with E-state index in [-0.39, 0.29) is 17.1 Å². The lowest BCUT2D eigenvalue weighted by Crippen LogP contribution is -2.16. The minimum atomic E-state index is -0.314. The molecule has 106 valence electrons. The highest BCUT2D eigenvalue weighted by Gasteiger charge is 2.19. The van der Waals surface area contributed by atoms with Crippen molar-refractivity contribution < 1.29 is 4.79 Å². The Kier molecular flexibility index (Phi) is 4.10. The molecule has 0 saturated heterocycles. The molecule has 1 amide bonds. The lowest BCUT2D eigenvalue weighted by molar-refractivity contribution is 0.102. The lowest BCUT2D eigenvalue weighted by atomic mass is 9.93. The molecule has 7 heteroatoms. The van der Waals surface area contributed by atoms with Gasteiger partial charge in [0.1, 0.15) is 5.82 Å². The summed E-state index contributed by atoms with van der Waals surface area (Å²) in [6.45, 7) is 6.22. The molecule has 0 aromatic carbocycles. The van der Waals surface area contributed by atoms with Gasteiger partial charge in [0.05, 0.1) is 11.3 Å². The van der Waals surface area contributed by atoms with Crippen LogP contribution in [0.5, 0.6) is 0 Å². The summed E-state index contributed by atoms with van der Waals surface area (Å²) < 4.78 is 0.700. The minimum absolute atomic E-state index is 0.0458. The van der Waals surface area contributed by atoms with E-state index in [0.717, 1.165) is 5.69 Å². The first kappa shape index (κ1) is 14.9. The Hall–Kier alpha value is -1.47. The molecule has 0 bridgehead atoms. The number of thiazole rings is 1. The third kappa shape index (κ3) is 3.34. The van der Waals surface area contributed by atoms with Crippen LogP contribution in [0.2, 0.25) is 0 Å². The topological polar surface area (TPSA) is 80.9 Å². The van der Waals surface area contributed by atoms with Gasteiger partial charge in [0.25, 0.3) is 5.91 Å². The summed E-state index contributed by atoms with van der Waals surface area (Å²) >= 11 is 4.66. The van der Waals surface area contributed by atoms with E-state index in [1.54, 1.807) is 12.3 Å². The molecular weight excluding hydrogens is 340 g/mol. The van der Waals surface area contributed by atoms with Crippen molar-refractivity contribution in [2.24, 2.45) is 0 Å². The molecule has 3 N–H and O–H groups in total. The fraction of sp³-hybridized carbons (Fsp3) is 0.308. The number of amides is 1. The van der Waals surface area contributed by atoms with Crippen LogP contribution < -0.4 is 11.1 Å². The highest BCUT2D eigenvalue weighted by molar-refractivity contribution is 9.10. The van der Waals surface area contributed by atoms with Crippen molar-refractivity contribution in [3.63, 3.8) is 0 Å². The summed E-state index contributed by atoms with van der Waals surface area (Å²) in [6, 6.07) is 1.63. The molecular formula is C13H15BrN4OS. The van der Waals surface area contributed by atoms with Crippen molar-refractivity contribution in [1.82, 2.24) is 9.97 Å². The van der Waals surface area contributed by atoms with Crippen LogP contribution >= 0.6 is 27.3 Å². The second kappa shape index (κ2) is 5.49. The van der Waals surface area contributed by atoms with Gasteiger partial charge in [-0.25, -0.2) is 9.97 Å². The molecule has 0 saturated carbocycles. The predicted molar refractivity (Wildman–Crippen MR) is 85.1 cm³/mol. The van der Waals surface area contributed by atoms with Crippen molar-refractivity contribution in [3.05, 3.63) is 33.4 Å². The third-order valence-electron chi connectivity index (χ3n) is 2.62. The summed E-state index contributed by atoms with van der Waals surface area (Å²) in [5.41, 5.74) is 6.93. The van der Waals surface area contributed by atoms with Gasteiger partial charge in [-0.3, -0.25) is 10.1 Å². The summed E-state index contributed by atoms with van der Waals surface area (Å²) in [7, 11) is 0. The second-order valence-electron chi connectivity index (χ2n) is 5.33. The van der Waals surface area contributed by atoms with Gasteiger partial charge in [0, 0.05) is 21.5 Å². The fourth-order valence-corrected chi connectivity index (χ4v) is 2.74. The predicted octanol–water partition coefficient (Wildman–Crippen LogP) is 3.43. The molecule has 5 nitrogen and oxygen atoms in total. The average molecular weight is 355 g/mol. The van der Waals surface area contributed by atoms with E-state index in [9.17, 15) is 4.79 Å². The molecule has 0 aliphatic carbocycles. The number of nitrogen functional groups attached to an aromatic ring is 1. The minimum Gasteiger partial charge on any atom is -0.383 e. The molecule has 20 heavy (non-hydrogen) atoms. The van der Waals surface area contributed by atoms with Crippen molar-refractivity contribution in [1.29, 1.82) is 0 Å². The molecule has 2 aromatic heterocycles. The van der Waals surface area contributed by atoms with E-state index >= 15 is 0 Å². The van der Waals surface area contributed by atoms with Crippen molar-refractivity contribution >= 4 is 44.1 Å². The maximum atomic E-state index is 12.2. The van der Waals surface area contributed by atoms with E-state index in [1.165, 1.54) is 11.3 Å². The smallest absolute Gasteiger partial charge is 0.261 e. The maximum Gasteiger partial charge on any atom is 0.261 e. The fourth-order valence-electron chi connectivity index (χ4n) is 1.47. The van der Waals surface area contributed by atoms with E-state index in [1.807, 2.05) is 5.38 Å². The highest BCUT2D eigenvalue weighted by Crippen LogP contribution is 2.27. The highest BCUT2D eigenvalue weighted by atomic mass is 79.9. The Morgan fingerprint density at radius 1 is 1.45 bits per heavy atom. The first-order chi connectivity index (χ1) is 9.27. The monoisotopic (exact) mass is 354 g/mol. The van der Waals surface area contributed by atoms with Crippen LogP contribution in [0.15, 0.2) is 22.1 Å². The normalized spacial score (nSPS) is 11.4. The van der Waals surface area contributed by atoms with Crippen LogP contribution in [-0.2, 0) is 5.41 Å².